The van der Waals surface area contributed by atoms with Crippen molar-refractivity contribution in [1.29, 1.82) is 0 Å². The molecule has 2 heterocycles. The number of nitrogens with zero attached hydrogens (tertiary/aromatic N) is 2. The zero-order chi connectivity index (χ0) is 13.7. The number of nitrogens with one attached hydrogen (secondary N) is 1. The molecule has 0 aromatic rings. The van der Waals surface area contributed by atoms with Gasteiger partial charge < -0.3 is 15.1 Å². The number of hydrogen-bond donors (Lipinski definition) is 1. The lowest BCUT2D eigenvalue weighted by atomic mass is 9.94. The lowest BCUT2D eigenvalue weighted by molar-refractivity contribution is -0.136. The third kappa shape index (κ3) is 3.93. The zero-order valence-corrected chi connectivity index (χ0v) is 12.5. The quantitative estimate of drug-likeness (QED) is 0.816. The van der Waals surface area contributed by atoms with E-state index < -0.39 is 0 Å². The Labute approximate surface area is 117 Å². The van der Waals surface area contributed by atoms with Crippen molar-refractivity contribution >= 4 is 5.91 Å². The summed E-state index contributed by atoms with van der Waals surface area (Å²) >= 11 is 0. The van der Waals surface area contributed by atoms with Crippen molar-refractivity contribution in [3.63, 3.8) is 0 Å². The Hall–Kier alpha value is -0.610. The van der Waals surface area contributed by atoms with Crippen LogP contribution >= 0.6 is 0 Å². The summed E-state index contributed by atoms with van der Waals surface area (Å²) in [6, 6.07) is 0.0782. The van der Waals surface area contributed by atoms with E-state index in [1.165, 1.54) is 25.9 Å². The third-order valence-electron chi connectivity index (χ3n) is 4.61. The molecule has 2 aliphatic heterocycles. The van der Waals surface area contributed by atoms with Crippen molar-refractivity contribution in [1.82, 2.24) is 15.1 Å². The fourth-order valence-electron chi connectivity index (χ4n) is 3.35. The Morgan fingerprint density at radius 1 is 1.16 bits per heavy atom. The van der Waals surface area contributed by atoms with Crippen molar-refractivity contribution in [2.75, 3.05) is 39.3 Å². The minimum absolute atomic E-state index is 0.0782. The molecule has 2 rings (SSSR count). The molecule has 0 aromatic carbocycles. The molecule has 1 atom stereocenters. The van der Waals surface area contributed by atoms with E-state index >= 15 is 0 Å². The minimum Gasteiger partial charge on any atom is -0.341 e. The largest absolute Gasteiger partial charge is 0.341 e. The second-order valence-electron chi connectivity index (χ2n) is 5.91. The topological polar surface area (TPSA) is 35.6 Å². The van der Waals surface area contributed by atoms with E-state index in [2.05, 4.69) is 29.0 Å². The first kappa shape index (κ1) is 14.8. The predicted octanol–water partition coefficient (Wildman–Crippen LogP) is 1.32. The number of likely N-dealkylation sites (tertiary alicyclic amines) is 2. The summed E-state index contributed by atoms with van der Waals surface area (Å²) in [6.45, 7) is 10.7. The van der Waals surface area contributed by atoms with Gasteiger partial charge in [-0.15, -0.1) is 0 Å². The molecule has 0 bridgehead atoms. The molecule has 0 radical (unpaired) electrons. The fraction of sp³-hybridized carbons (Fsp3) is 0.933. The number of carbonyl (C=O) groups is 1. The van der Waals surface area contributed by atoms with Gasteiger partial charge in [-0.25, -0.2) is 0 Å². The van der Waals surface area contributed by atoms with Crippen LogP contribution in [0.3, 0.4) is 0 Å². The van der Waals surface area contributed by atoms with Crippen LogP contribution in [0.5, 0.6) is 0 Å². The van der Waals surface area contributed by atoms with Crippen LogP contribution in [0.25, 0.3) is 0 Å². The number of piperidine rings is 2. The van der Waals surface area contributed by atoms with Gasteiger partial charge in [-0.3, -0.25) is 4.79 Å². The normalized spacial score (nSPS) is 26.9. The third-order valence-corrected chi connectivity index (χ3v) is 4.61. The average molecular weight is 267 g/mol. The highest BCUT2D eigenvalue weighted by Crippen LogP contribution is 2.21. The lowest BCUT2D eigenvalue weighted by Gasteiger charge is -2.38. The highest BCUT2D eigenvalue weighted by atomic mass is 16.2. The molecule has 2 aliphatic rings. The van der Waals surface area contributed by atoms with Crippen LogP contribution in [0.15, 0.2) is 0 Å². The maximum Gasteiger partial charge on any atom is 0.239 e. The molecule has 2 saturated heterocycles. The molecule has 0 spiro atoms. The summed E-state index contributed by atoms with van der Waals surface area (Å²) in [6.07, 6.45) is 4.67. The van der Waals surface area contributed by atoms with Gasteiger partial charge in [0.1, 0.15) is 0 Å². The van der Waals surface area contributed by atoms with Crippen LogP contribution in [-0.2, 0) is 4.79 Å². The van der Waals surface area contributed by atoms with Crippen LogP contribution in [-0.4, -0.2) is 61.0 Å². The number of likely N-dealkylation sites (N-methyl/N-ethyl adjacent to an activating group) is 1. The number of amides is 1. The Morgan fingerprint density at radius 2 is 1.89 bits per heavy atom. The van der Waals surface area contributed by atoms with E-state index in [1.807, 2.05) is 0 Å². The SMILES string of the molecule is CCNC1CCCN(CC2CCN(CC)CC2)C1=O. The summed E-state index contributed by atoms with van der Waals surface area (Å²) in [5.74, 6) is 1.05. The van der Waals surface area contributed by atoms with Crippen LogP contribution in [0.2, 0.25) is 0 Å². The van der Waals surface area contributed by atoms with Crippen LogP contribution in [0.4, 0.5) is 0 Å². The van der Waals surface area contributed by atoms with E-state index in [9.17, 15) is 4.79 Å². The molecule has 0 saturated carbocycles. The molecular formula is C15H29N3O. The molecule has 0 aliphatic carbocycles. The Bertz CT molecular complexity index is 285. The van der Waals surface area contributed by atoms with Crippen LogP contribution in [0, 0.1) is 5.92 Å². The first-order chi connectivity index (χ1) is 9.24. The van der Waals surface area contributed by atoms with Crippen molar-refractivity contribution in [3.05, 3.63) is 0 Å². The van der Waals surface area contributed by atoms with Gasteiger partial charge in [-0.05, 0) is 57.8 Å². The van der Waals surface area contributed by atoms with Gasteiger partial charge in [-0.1, -0.05) is 13.8 Å². The maximum atomic E-state index is 12.4. The fourth-order valence-corrected chi connectivity index (χ4v) is 3.35. The van der Waals surface area contributed by atoms with Gasteiger partial charge in [0.05, 0.1) is 6.04 Å². The van der Waals surface area contributed by atoms with Gasteiger partial charge in [-0.2, -0.15) is 0 Å². The molecule has 1 amide bonds. The maximum absolute atomic E-state index is 12.4. The standard InChI is InChI=1S/C15H29N3O/c1-3-16-14-6-5-9-18(15(14)19)12-13-7-10-17(4-2)11-8-13/h13-14,16H,3-12H2,1-2H3. The molecule has 19 heavy (non-hydrogen) atoms. The van der Waals surface area contributed by atoms with E-state index in [1.54, 1.807) is 0 Å². The average Bonchev–Trinajstić information content (AvgIpc) is 2.44. The molecule has 4 heteroatoms. The smallest absolute Gasteiger partial charge is 0.239 e. The Morgan fingerprint density at radius 3 is 2.53 bits per heavy atom. The number of rotatable bonds is 5. The molecule has 1 N–H and O–H groups in total. The summed E-state index contributed by atoms with van der Waals surface area (Å²) in [7, 11) is 0. The first-order valence-corrected chi connectivity index (χ1v) is 7.99. The molecule has 2 fully saturated rings. The van der Waals surface area contributed by atoms with Gasteiger partial charge in [0.2, 0.25) is 5.91 Å². The van der Waals surface area contributed by atoms with E-state index in [0.29, 0.717) is 11.8 Å². The second kappa shape index (κ2) is 7.25. The monoisotopic (exact) mass is 267 g/mol. The molecule has 110 valence electrons. The van der Waals surface area contributed by atoms with Gasteiger partial charge in [0, 0.05) is 13.1 Å². The molecule has 0 aromatic heterocycles. The lowest BCUT2D eigenvalue weighted by Crippen LogP contribution is -2.52. The van der Waals surface area contributed by atoms with Crippen LogP contribution in [0.1, 0.15) is 39.5 Å². The number of carbonyl (C=O) groups excluding carboxylic acids is 1. The summed E-state index contributed by atoms with van der Waals surface area (Å²) in [5, 5.41) is 3.32. The highest BCUT2D eigenvalue weighted by Gasteiger charge is 2.30. The highest BCUT2D eigenvalue weighted by molar-refractivity contribution is 5.82. The van der Waals surface area contributed by atoms with E-state index in [0.717, 1.165) is 39.0 Å². The van der Waals surface area contributed by atoms with Gasteiger partial charge in [0.25, 0.3) is 0 Å². The van der Waals surface area contributed by atoms with E-state index in [4.69, 9.17) is 0 Å². The Balaban J connectivity index is 1.80. The van der Waals surface area contributed by atoms with Gasteiger partial charge in [0.15, 0.2) is 0 Å². The predicted molar refractivity (Wildman–Crippen MR) is 78.1 cm³/mol. The second-order valence-corrected chi connectivity index (χ2v) is 5.91. The minimum atomic E-state index is 0.0782. The molecular weight excluding hydrogens is 238 g/mol. The van der Waals surface area contributed by atoms with Gasteiger partial charge >= 0.3 is 0 Å². The summed E-state index contributed by atoms with van der Waals surface area (Å²) in [4.78, 5) is 17.0. The van der Waals surface area contributed by atoms with Crippen molar-refractivity contribution in [2.45, 2.75) is 45.6 Å². The Kier molecular flexibility index (Phi) is 5.64. The van der Waals surface area contributed by atoms with Crippen molar-refractivity contribution in [3.8, 4) is 0 Å². The van der Waals surface area contributed by atoms with E-state index in [-0.39, 0.29) is 6.04 Å². The zero-order valence-electron chi connectivity index (χ0n) is 12.5. The van der Waals surface area contributed by atoms with Crippen molar-refractivity contribution in [2.24, 2.45) is 5.92 Å². The summed E-state index contributed by atoms with van der Waals surface area (Å²) in [5.41, 5.74) is 0. The first-order valence-electron chi connectivity index (χ1n) is 7.99. The van der Waals surface area contributed by atoms with Crippen LogP contribution < -0.4 is 5.32 Å². The van der Waals surface area contributed by atoms with Crippen molar-refractivity contribution < 1.29 is 4.79 Å². The molecule has 4 nitrogen and oxygen atoms in total. The summed E-state index contributed by atoms with van der Waals surface area (Å²) < 4.78 is 0. The molecule has 1 unspecified atom stereocenters. The number of hydrogen-bond acceptors (Lipinski definition) is 3.